The third kappa shape index (κ3) is 4.82. The SMILES string of the molecule is CCC(=O)CC(C)(C)O.Cc1nc2ccc(N3CC(C)(F)C3)c(F)c2n1C1CCC1. The van der Waals surface area contributed by atoms with Crippen LogP contribution in [0.25, 0.3) is 11.0 Å². The van der Waals surface area contributed by atoms with Crippen LogP contribution in [0.4, 0.5) is 14.5 Å². The fraction of sp³-hybridized carbons (Fsp3) is 0.652. The molecule has 1 saturated heterocycles. The lowest BCUT2D eigenvalue weighted by Crippen LogP contribution is -2.57. The van der Waals surface area contributed by atoms with Gasteiger partial charge in [0, 0.05) is 18.9 Å². The molecule has 166 valence electrons. The van der Waals surface area contributed by atoms with Gasteiger partial charge in [0.2, 0.25) is 0 Å². The lowest BCUT2D eigenvalue weighted by molar-refractivity contribution is -0.122. The fourth-order valence-electron chi connectivity index (χ4n) is 4.12. The number of anilines is 1. The Bertz CT molecular complexity index is 919. The number of carbonyl (C=O) groups excluding carboxylic acids is 1. The van der Waals surface area contributed by atoms with Gasteiger partial charge in [-0.2, -0.15) is 0 Å². The van der Waals surface area contributed by atoms with Gasteiger partial charge in [-0.25, -0.2) is 13.8 Å². The maximum Gasteiger partial charge on any atom is 0.172 e. The minimum atomic E-state index is -1.20. The van der Waals surface area contributed by atoms with E-state index in [1.165, 1.54) is 6.42 Å². The lowest BCUT2D eigenvalue weighted by Gasteiger charge is -2.44. The normalized spacial score (nSPS) is 18.5. The summed E-state index contributed by atoms with van der Waals surface area (Å²) in [7, 11) is 0. The van der Waals surface area contributed by atoms with Crippen LogP contribution in [0.2, 0.25) is 0 Å². The average Bonchev–Trinajstić information content (AvgIpc) is 2.88. The number of imidazole rings is 1. The van der Waals surface area contributed by atoms with Crippen LogP contribution in [0.1, 0.15) is 71.7 Å². The zero-order valence-electron chi connectivity index (χ0n) is 18.6. The molecule has 0 amide bonds. The molecule has 0 atom stereocenters. The van der Waals surface area contributed by atoms with E-state index < -0.39 is 11.3 Å². The van der Waals surface area contributed by atoms with E-state index in [9.17, 15) is 13.6 Å². The molecule has 0 unspecified atom stereocenters. The van der Waals surface area contributed by atoms with Crippen molar-refractivity contribution in [1.29, 1.82) is 0 Å². The molecular weight excluding hydrogens is 388 g/mol. The number of halogens is 2. The number of benzene rings is 1. The molecule has 2 aliphatic rings. The number of rotatable bonds is 5. The summed E-state index contributed by atoms with van der Waals surface area (Å²) in [6.45, 7) is 9.08. The summed E-state index contributed by atoms with van der Waals surface area (Å²) in [5.74, 6) is 0.725. The number of alkyl halides is 1. The molecule has 1 saturated carbocycles. The summed E-state index contributed by atoms with van der Waals surface area (Å²) >= 11 is 0. The van der Waals surface area contributed by atoms with Crippen molar-refractivity contribution in [3.63, 3.8) is 0 Å². The number of ketones is 1. The van der Waals surface area contributed by atoms with Crippen molar-refractivity contribution in [1.82, 2.24) is 9.55 Å². The van der Waals surface area contributed by atoms with Crippen LogP contribution in [0, 0.1) is 12.7 Å². The zero-order valence-corrected chi connectivity index (χ0v) is 18.6. The molecule has 4 rings (SSSR count). The molecule has 0 radical (unpaired) electrons. The molecule has 2 aromatic rings. The Hall–Kier alpha value is -2.02. The first-order valence-corrected chi connectivity index (χ1v) is 10.8. The summed E-state index contributed by atoms with van der Waals surface area (Å²) in [5, 5.41) is 9.10. The highest BCUT2D eigenvalue weighted by Gasteiger charge is 2.40. The third-order valence-electron chi connectivity index (χ3n) is 5.79. The van der Waals surface area contributed by atoms with E-state index in [2.05, 4.69) is 4.98 Å². The first-order chi connectivity index (χ1) is 13.9. The molecule has 2 heterocycles. The first kappa shape index (κ1) is 22.7. The number of fused-ring (bicyclic) bond motifs is 1. The van der Waals surface area contributed by atoms with E-state index in [4.69, 9.17) is 5.11 Å². The second-order valence-electron chi connectivity index (χ2n) is 9.53. The zero-order chi connectivity index (χ0) is 22.3. The molecule has 0 bridgehead atoms. The van der Waals surface area contributed by atoms with Crippen LogP contribution in [0.3, 0.4) is 0 Å². The van der Waals surface area contributed by atoms with Crippen LogP contribution >= 0.6 is 0 Å². The monoisotopic (exact) mass is 421 g/mol. The van der Waals surface area contributed by atoms with E-state index in [-0.39, 0.29) is 31.1 Å². The second kappa shape index (κ2) is 8.25. The molecular formula is C23H33F2N3O2. The molecule has 1 aliphatic carbocycles. The largest absolute Gasteiger partial charge is 0.390 e. The molecule has 1 aliphatic heterocycles. The molecule has 1 N–H and O–H groups in total. The molecule has 1 aromatic carbocycles. The number of nitrogens with zero attached hydrogens (tertiary/aromatic N) is 3. The summed E-state index contributed by atoms with van der Waals surface area (Å²) in [6.07, 6.45) is 4.15. The third-order valence-corrected chi connectivity index (χ3v) is 5.79. The molecule has 1 aromatic heterocycles. The first-order valence-electron chi connectivity index (χ1n) is 10.8. The summed E-state index contributed by atoms with van der Waals surface area (Å²) in [5.41, 5.74) is -0.247. The standard InChI is InChI=1S/C16H19F2N3.C7H14O2/c1-10-19-12-6-7-13(20-8-16(2,18)9-20)14(17)15(12)21(10)11-4-3-5-11;1-4-6(8)5-7(2,3)9/h6-7,11H,3-5,8-9H2,1-2H3;9H,4-5H2,1-3H3. The van der Waals surface area contributed by atoms with Crippen molar-refractivity contribution < 1.29 is 18.7 Å². The number of aryl methyl sites for hydroxylation is 1. The van der Waals surface area contributed by atoms with Gasteiger partial charge in [-0.15, -0.1) is 0 Å². The Morgan fingerprint density at radius 1 is 1.33 bits per heavy atom. The van der Waals surface area contributed by atoms with E-state index in [0.29, 0.717) is 29.2 Å². The minimum absolute atomic E-state index is 0.113. The van der Waals surface area contributed by atoms with Crippen molar-refractivity contribution in [2.75, 3.05) is 18.0 Å². The number of aliphatic hydroxyl groups is 1. The van der Waals surface area contributed by atoms with Gasteiger partial charge in [-0.1, -0.05) is 6.92 Å². The summed E-state index contributed by atoms with van der Waals surface area (Å²) in [4.78, 5) is 16.9. The van der Waals surface area contributed by atoms with Gasteiger partial charge in [-0.05, 0) is 59.1 Å². The van der Waals surface area contributed by atoms with Crippen LogP contribution in [0.5, 0.6) is 0 Å². The van der Waals surface area contributed by atoms with Crippen molar-refractivity contribution in [3.05, 3.63) is 23.8 Å². The van der Waals surface area contributed by atoms with Gasteiger partial charge >= 0.3 is 0 Å². The minimum Gasteiger partial charge on any atom is -0.390 e. The quantitative estimate of drug-likeness (QED) is 0.747. The van der Waals surface area contributed by atoms with E-state index in [1.54, 1.807) is 38.7 Å². The molecule has 30 heavy (non-hydrogen) atoms. The highest BCUT2D eigenvalue weighted by Crippen LogP contribution is 2.39. The van der Waals surface area contributed by atoms with Crippen LogP contribution in [-0.4, -0.2) is 44.8 Å². The summed E-state index contributed by atoms with van der Waals surface area (Å²) in [6, 6.07) is 3.94. The predicted molar refractivity (Wildman–Crippen MR) is 115 cm³/mol. The van der Waals surface area contributed by atoms with Crippen LogP contribution in [0.15, 0.2) is 12.1 Å². The number of carbonyl (C=O) groups is 1. The van der Waals surface area contributed by atoms with E-state index >= 15 is 0 Å². The van der Waals surface area contributed by atoms with E-state index in [0.717, 1.165) is 18.7 Å². The Labute approximate surface area is 177 Å². The van der Waals surface area contributed by atoms with Gasteiger partial charge in [-0.3, -0.25) is 4.79 Å². The Morgan fingerprint density at radius 2 is 1.97 bits per heavy atom. The van der Waals surface area contributed by atoms with Gasteiger partial charge in [0.05, 0.1) is 29.9 Å². The predicted octanol–water partition coefficient (Wildman–Crippen LogP) is 4.88. The van der Waals surface area contributed by atoms with Gasteiger partial charge in [0.15, 0.2) is 5.82 Å². The smallest absolute Gasteiger partial charge is 0.172 e. The maximum atomic E-state index is 15.0. The topological polar surface area (TPSA) is 58.4 Å². The Balaban J connectivity index is 0.000000244. The van der Waals surface area contributed by atoms with E-state index in [1.807, 2.05) is 17.6 Å². The Kier molecular flexibility index (Phi) is 6.23. The number of hydrogen-bond acceptors (Lipinski definition) is 4. The molecule has 5 nitrogen and oxygen atoms in total. The average molecular weight is 422 g/mol. The summed E-state index contributed by atoms with van der Waals surface area (Å²) < 4.78 is 30.7. The fourth-order valence-corrected chi connectivity index (χ4v) is 4.12. The molecule has 7 heteroatoms. The highest BCUT2D eigenvalue weighted by molar-refractivity contribution is 5.82. The van der Waals surface area contributed by atoms with Crippen molar-refractivity contribution >= 4 is 22.5 Å². The number of aromatic nitrogens is 2. The van der Waals surface area contributed by atoms with Crippen LogP contribution in [-0.2, 0) is 4.79 Å². The Morgan fingerprint density at radius 3 is 2.40 bits per heavy atom. The second-order valence-corrected chi connectivity index (χ2v) is 9.53. The van der Waals surface area contributed by atoms with Crippen molar-refractivity contribution in [2.45, 2.75) is 84.0 Å². The number of hydrogen-bond donors (Lipinski definition) is 1. The van der Waals surface area contributed by atoms with Gasteiger partial charge in [0.1, 0.15) is 22.8 Å². The number of Topliss-reactive ketones (excluding diaryl/α,β-unsaturated/α-hetero) is 1. The lowest BCUT2D eigenvalue weighted by atomic mass is 9.92. The van der Waals surface area contributed by atoms with Crippen molar-refractivity contribution in [3.8, 4) is 0 Å². The van der Waals surface area contributed by atoms with Crippen LogP contribution < -0.4 is 4.90 Å². The molecule has 0 spiro atoms. The molecule has 2 fully saturated rings. The van der Waals surface area contributed by atoms with Gasteiger partial charge < -0.3 is 14.6 Å². The van der Waals surface area contributed by atoms with Crippen molar-refractivity contribution in [2.24, 2.45) is 0 Å². The highest BCUT2D eigenvalue weighted by atomic mass is 19.1. The maximum absolute atomic E-state index is 15.0. The van der Waals surface area contributed by atoms with Gasteiger partial charge in [0.25, 0.3) is 0 Å².